The predicted octanol–water partition coefficient (Wildman–Crippen LogP) is 2.76. The Bertz CT molecular complexity index is 1140. The first-order chi connectivity index (χ1) is 14.8. The van der Waals surface area contributed by atoms with Gasteiger partial charge in [-0.25, -0.2) is 5.10 Å². The van der Waals surface area contributed by atoms with Crippen LogP contribution in [0.25, 0.3) is 0 Å². The molecule has 3 N–H and O–H groups in total. The number of nitriles is 1. The molecular formula is C22H24N6O3. The molecule has 0 saturated carbocycles. The molecule has 2 aromatic rings. The number of benzene rings is 1. The summed E-state index contributed by atoms with van der Waals surface area (Å²) in [4.78, 5) is 19.3. The van der Waals surface area contributed by atoms with E-state index in [4.69, 9.17) is 15.2 Å². The maximum Gasteiger partial charge on any atom is 0.231 e. The van der Waals surface area contributed by atoms with Crippen molar-refractivity contribution in [3.63, 3.8) is 0 Å². The molecule has 9 nitrogen and oxygen atoms in total. The van der Waals surface area contributed by atoms with Crippen molar-refractivity contribution >= 4 is 11.7 Å². The van der Waals surface area contributed by atoms with Crippen molar-refractivity contribution in [1.82, 2.24) is 15.2 Å². The van der Waals surface area contributed by atoms with Gasteiger partial charge >= 0.3 is 0 Å². The Hall–Kier alpha value is -3.80. The van der Waals surface area contributed by atoms with Gasteiger partial charge in [0.1, 0.15) is 12.1 Å². The van der Waals surface area contributed by atoms with Crippen molar-refractivity contribution in [3.8, 4) is 17.6 Å². The molecule has 31 heavy (non-hydrogen) atoms. The number of ketones is 1. The molecule has 0 fully saturated rings. The van der Waals surface area contributed by atoms with Crippen LogP contribution in [-0.4, -0.2) is 35.2 Å². The molecule has 0 bridgehead atoms. The predicted molar refractivity (Wildman–Crippen MR) is 113 cm³/mol. The van der Waals surface area contributed by atoms with Gasteiger partial charge in [0.05, 0.1) is 31.8 Å². The zero-order chi connectivity index (χ0) is 22.3. The zero-order valence-electron chi connectivity index (χ0n) is 17.9. The number of H-pyrrole nitrogens is 1. The number of anilines is 1. The van der Waals surface area contributed by atoms with Gasteiger partial charge in [-0.3, -0.25) is 9.69 Å². The molecule has 0 unspecified atom stereocenters. The third-order valence-corrected chi connectivity index (χ3v) is 5.74. The van der Waals surface area contributed by atoms with E-state index in [0.717, 1.165) is 11.3 Å². The molecule has 1 atom stereocenters. The van der Waals surface area contributed by atoms with Crippen molar-refractivity contribution in [2.24, 2.45) is 11.1 Å². The number of nitrogens with one attached hydrogen (secondary N) is 1. The number of nitrogens with zero attached hydrogens (tertiary/aromatic N) is 4. The summed E-state index contributed by atoms with van der Waals surface area (Å²) in [5.41, 5.74) is 8.54. The quantitative estimate of drug-likeness (QED) is 0.772. The van der Waals surface area contributed by atoms with E-state index in [1.165, 1.54) is 6.33 Å². The van der Waals surface area contributed by atoms with Crippen LogP contribution in [0.1, 0.15) is 38.2 Å². The summed E-state index contributed by atoms with van der Waals surface area (Å²) in [7, 11) is 3.10. The van der Waals surface area contributed by atoms with Gasteiger partial charge in [0.25, 0.3) is 0 Å². The third kappa shape index (κ3) is 3.30. The molecule has 160 valence electrons. The van der Waals surface area contributed by atoms with Crippen LogP contribution in [0.3, 0.4) is 0 Å². The molecule has 0 saturated heterocycles. The summed E-state index contributed by atoms with van der Waals surface area (Å²) < 4.78 is 10.8. The average Bonchev–Trinajstić information content (AvgIpc) is 3.25. The van der Waals surface area contributed by atoms with Crippen LogP contribution in [-0.2, 0) is 4.79 Å². The van der Waals surface area contributed by atoms with Crippen molar-refractivity contribution in [1.29, 1.82) is 5.26 Å². The lowest BCUT2D eigenvalue weighted by Crippen LogP contribution is -2.42. The maximum atomic E-state index is 13.4. The van der Waals surface area contributed by atoms with Gasteiger partial charge in [-0.15, -0.1) is 0 Å². The number of aromatic nitrogens is 3. The molecule has 9 heteroatoms. The molecule has 0 amide bonds. The fourth-order valence-electron chi connectivity index (χ4n) is 4.42. The summed E-state index contributed by atoms with van der Waals surface area (Å²) >= 11 is 0. The zero-order valence-corrected chi connectivity index (χ0v) is 17.9. The van der Waals surface area contributed by atoms with E-state index in [9.17, 15) is 10.1 Å². The van der Waals surface area contributed by atoms with E-state index in [2.05, 4.69) is 21.3 Å². The highest BCUT2D eigenvalue weighted by molar-refractivity contribution is 6.01. The van der Waals surface area contributed by atoms with E-state index >= 15 is 0 Å². The van der Waals surface area contributed by atoms with Crippen molar-refractivity contribution in [3.05, 3.63) is 52.8 Å². The Kier molecular flexibility index (Phi) is 4.93. The standard InChI is InChI=1S/C22H24N6O3/c1-22(2)8-14-19(15(29)9-22)18(12-5-6-16(30-3)17(7-12)31-4)13(10-23)20(24)28(14)21-25-11-26-27-21/h5-7,11,18H,8-9,24H2,1-4H3,(H,25,26,27)/t18-/m0/s1. The molecule has 2 heterocycles. The molecule has 1 aromatic heterocycles. The number of rotatable bonds is 4. The van der Waals surface area contributed by atoms with Gasteiger partial charge in [0, 0.05) is 17.7 Å². The lowest BCUT2D eigenvalue weighted by molar-refractivity contribution is -0.118. The molecule has 1 aliphatic carbocycles. The molecular weight excluding hydrogens is 396 g/mol. The number of carbonyl (C=O) groups excluding carboxylic acids is 1. The Morgan fingerprint density at radius 1 is 1.26 bits per heavy atom. The number of allylic oxidation sites excluding steroid dienone is 3. The minimum Gasteiger partial charge on any atom is -0.493 e. The maximum absolute atomic E-state index is 13.4. The molecule has 1 aliphatic heterocycles. The monoisotopic (exact) mass is 420 g/mol. The second kappa shape index (κ2) is 7.47. The first-order valence-corrected chi connectivity index (χ1v) is 9.84. The molecule has 2 aliphatic rings. The number of methoxy groups -OCH3 is 2. The summed E-state index contributed by atoms with van der Waals surface area (Å²) in [6, 6.07) is 7.61. The van der Waals surface area contributed by atoms with Crippen molar-refractivity contribution < 1.29 is 14.3 Å². The van der Waals surface area contributed by atoms with E-state index in [1.807, 2.05) is 19.9 Å². The second-order valence-corrected chi connectivity index (χ2v) is 8.40. The van der Waals surface area contributed by atoms with Gasteiger partial charge in [-0.05, 0) is 29.5 Å². The smallest absolute Gasteiger partial charge is 0.231 e. The number of hydrogen-bond donors (Lipinski definition) is 2. The molecule has 1 aromatic carbocycles. The van der Waals surface area contributed by atoms with E-state index < -0.39 is 5.92 Å². The third-order valence-electron chi connectivity index (χ3n) is 5.74. The van der Waals surface area contributed by atoms with Crippen LogP contribution in [0.15, 0.2) is 47.2 Å². The number of Topliss-reactive ketones (excluding diaryl/α,β-unsaturated/α-hetero) is 1. The van der Waals surface area contributed by atoms with E-state index in [-0.39, 0.29) is 22.6 Å². The molecule has 0 radical (unpaired) electrons. The average molecular weight is 420 g/mol. The lowest BCUT2D eigenvalue weighted by Gasteiger charge is -2.42. The number of carbonyl (C=O) groups is 1. The fourth-order valence-corrected chi connectivity index (χ4v) is 4.42. The molecule has 0 spiro atoms. The highest BCUT2D eigenvalue weighted by atomic mass is 16.5. The topological polar surface area (TPSA) is 130 Å². The summed E-state index contributed by atoms with van der Waals surface area (Å²) in [5.74, 6) is 1.04. The Morgan fingerprint density at radius 3 is 2.61 bits per heavy atom. The number of aromatic amines is 1. The van der Waals surface area contributed by atoms with Crippen LogP contribution in [0.5, 0.6) is 11.5 Å². The van der Waals surface area contributed by atoms with Crippen LogP contribution in [0, 0.1) is 16.7 Å². The van der Waals surface area contributed by atoms with Crippen LogP contribution in [0.2, 0.25) is 0 Å². The Balaban J connectivity index is 1.98. The number of hydrogen-bond acceptors (Lipinski definition) is 8. The number of ether oxygens (including phenoxy) is 2. The lowest BCUT2D eigenvalue weighted by atomic mass is 9.68. The van der Waals surface area contributed by atoms with Crippen LogP contribution < -0.4 is 20.1 Å². The first-order valence-electron chi connectivity index (χ1n) is 9.84. The van der Waals surface area contributed by atoms with Gasteiger partial charge in [0.2, 0.25) is 5.95 Å². The largest absolute Gasteiger partial charge is 0.493 e. The van der Waals surface area contributed by atoms with Gasteiger partial charge in [0.15, 0.2) is 17.3 Å². The SMILES string of the molecule is COc1ccc([C@H]2C(C#N)=C(N)N(c3ncn[nH]3)C3=C2C(=O)CC(C)(C)C3)cc1OC. The van der Waals surface area contributed by atoms with Crippen LogP contribution in [0.4, 0.5) is 5.95 Å². The van der Waals surface area contributed by atoms with E-state index in [1.54, 1.807) is 31.3 Å². The number of nitrogens with two attached hydrogens (primary N) is 1. The minimum absolute atomic E-state index is 0.0178. The summed E-state index contributed by atoms with van der Waals surface area (Å²) in [5, 5.41) is 16.8. The van der Waals surface area contributed by atoms with Crippen molar-refractivity contribution in [2.75, 3.05) is 19.1 Å². The van der Waals surface area contributed by atoms with Gasteiger partial charge in [-0.1, -0.05) is 19.9 Å². The Morgan fingerprint density at radius 2 is 2.00 bits per heavy atom. The second-order valence-electron chi connectivity index (χ2n) is 8.40. The minimum atomic E-state index is -0.609. The summed E-state index contributed by atoms with van der Waals surface area (Å²) in [6.45, 7) is 4.08. The highest BCUT2D eigenvalue weighted by Crippen LogP contribution is 2.50. The van der Waals surface area contributed by atoms with Crippen LogP contribution >= 0.6 is 0 Å². The van der Waals surface area contributed by atoms with E-state index in [0.29, 0.717) is 35.9 Å². The van der Waals surface area contributed by atoms with Crippen molar-refractivity contribution in [2.45, 2.75) is 32.6 Å². The fraction of sp³-hybridized carbons (Fsp3) is 0.364. The van der Waals surface area contributed by atoms with Gasteiger partial charge < -0.3 is 15.2 Å². The van der Waals surface area contributed by atoms with Gasteiger partial charge in [-0.2, -0.15) is 15.3 Å². The Labute approximate surface area is 180 Å². The normalized spacial score (nSPS) is 20.4. The highest BCUT2D eigenvalue weighted by Gasteiger charge is 2.45. The molecule has 4 rings (SSSR count). The summed E-state index contributed by atoms with van der Waals surface area (Å²) in [6.07, 6.45) is 2.33. The first kappa shape index (κ1) is 20.5.